The van der Waals surface area contributed by atoms with Crippen LogP contribution in [0.4, 0.5) is 0 Å². The summed E-state index contributed by atoms with van der Waals surface area (Å²) in [7, 11) is 0. The van der Waals surface area contributed by atoms with Crippen LogP contribution < -0.4 is 5.32 Å². The largest absolute Gasteiger partial charge is 0.338 e. The molecule has 0 aromatic heterocycles. The predicted molar refractivity (Wildman–Crippen MR) is 350 cm³/mol. The van der Waals surface area contributed by atoms with Gasteiger partial charge in [0.05, 0.1) is 5.25 Å². The van der Waals surface area contributed by atoms with Gasteiger partial charge in [0.2, 0.25) is 17.7 Å². The summed E-state index contributed by atoms with van der Waals surface area (Å²) < 4.78 is 0. The molecule has 1 N–H and O–H groups in total. The molecule has 1 atom stereocenters. The molecule has 0 aromatic rings. The third-order valence-corrected chi connectivity index (χ3v) is 8.11. The fourth-order valence-electron chi connectivity index (χ4n) is 3.67. The number of imide groups is 1. The molecule has 394 valence electrons. The Kier molecular flexibility index (Phi) is 50.0. The van der Waals surface area contributed by atoms with Gasteiger partial charge in [0, 0.05) is 333 Å². The number of rotatable bonds is 6. The van der Waals surface area contributed by atoms with Crippen molar-refractivity contribution in [3.05, 3.63) is 0 Å². The van der Waals surface area contributed by atoms with E-state index in [1.807, 2.05) is 0 Å². The summed E-state index contributed by atoms with van der Waals surface area (Å²) in [5, 5.41) is 2.00. The van der Waals surface area contributed by atoms with E-state index in [0.717, 1.165) is 4.90 Å². The van der Waals surface area contributed by atoms with Crippen molar-refractivity contribution in [2.45, 2.75) is 45.8 Å². The highest BCUT2D eigenvalue weighted by atomic mass is 32.2. The maximum Gasteiger partial charge on any atom is 0.244 e. The Morgan fingerprint density at radius 1 is 0.322 bits per heavy atom. The monoisotopic (exact) mass is 1140 g/mol. The fraction of sp³-hybridized carbons (Fsp3) is 0.108. The van der Waals surface area contributed by atoms with Crippen molar-refractivity contribution in [1.29, 1.82) is 0 Å². The van der Waals surface area contributed by atoms with Crippen molar-refractivity contribution in [2.24, 2.45) is 0 Å². The van der Waals surface area contributed by atoms with Gasteiger partial charge in [-0.2, -0.15) is 0 Å². The van der Waals surface area contributed by atoms with E-state index in [1.54, 1.807) is 13.8 Å². The number of carbonyl (C=O) groups is 4. The second-order valence-electron chi connectivity index (χ2n) is 13.1. The standard InChI is InChI=1S/C72H6.C11H16N2O4S/c1-3-5-7-9-11-13-15-17-19-21-23-25-27-29-31-33-35-37-39-41-43-45-47-49-51-53-55-57-59-61-63-65-67-69-71-72-70-68-66-64-62-60-58-56-54-52-50-48-46-44-42-40-38-36-34-32-30-28-26-24-22-20-18-16-14-12-10-8-6-4-2;1-7(14)3-4-18-9-5-10(16)13(11(9)17)6-12-8(2)15/h1-2H3;9H,3-6H2,1-2H3,(H,12,15). The van der Waals surface area contributed by atoms with Gasteiger partial charge in [0.15, 0.2) is 0 Å². The van der Waals surface area contributed by atoms with Crippen molar-refractivity contribution >= 4 is 35.3 Å². The molecule has 3 amide bonds. The molecule has 1 rings (SSSR count). The summed E-state index contributed by atoms with van der Waals surface area (Å²) in [5.41, 5.74) is 0. The molecule has 0 aliphatic carbocycles. The van der Waals surface area contributed by atoms with Crippen molar-refractivity contribution in [1.82, 2.24) is 10.2 Å². The molecule has 90 heavy (non-hydrogen) atoms. The first kappa shape index (κ1) is 73.2. The Hall–Kier alpha value is -16.8. The normalized spacial score (nSPS) is 7.02. The van der Waals surface area contributed by atoms with Gasteiger partial charge in [-0.25, -0.2) is 0 Å². The van der Waals surface area contributed by atoms with Crippen LogP contribution >= 0.6 is 11.8 Å². The molecule has 1 heterocycles. The first-order chi connectivity index (χ1) is 44.3. The van der Waals surface area contributed by atoms with Crippen LogP contribution in [0.25, 0.3) is 0 Å². The second-order valence-corrected chi connectivity index (χ2v) is 14.4. The number of ketones is 1. The molecule has 1 aliphatic rings. The number of Topliss-reactive ketones (excluding diaryl/α,β-unsaturated/α-hetero) is 1. The lowest BCUT2D eigenvalue weighted by Gasteiger charge is -2.14. The molecule has 6 nitrogen and oxygen atoms in total. The third kappa shape index (κ3) is 56.0. The number of nitrogens with zero attached hydrogens (tertiary/aromatic N) is 1. The molecular formula is C83H22N2O4S. The van der Waals surface area contributed by atoms with E-state index in [9.17, 15) is 19.2 Å². The van der Waals surface area contributed by atoms with E-state index in [2.05, 4.69) is 420 Å². The number of likely N-dealkylation sites (tertiary alicyclic amines) is 1. The maximum atomic E-state index is 11.9. The van der Waals surface area contributed by atoms with Crippen LogP contribution in [0.2, 0.25) is 0 Å². The minimum absolute atomic E-state index is 0.0642. The van der Waals surface area contributed by atoms with Gasteiger partial charge in [-0.3, -0.25) is 24.1 Å². The summed E-state index contributed by atoms with van der Waals surface area (Å²) in [5.74, 6) is 175. The topological polar surface area (TPSA) is 83.6 Å². The van der Waals surface area contributed by atoms with E-state index in [-0.39, 0.29) is 36.6 Å². The summed E-state index contributed by atoms with van der Waals surface area (Å²) in [6.07, 6.45) is 0.537. The summed E-state index contributed by atoms with van der Waals surface area (Å²) in [6, 6.07) is 0. The fourth-order valence-corrected chi connectivity index (χ4v) is 4.89. The van der Waals surface area contributed by atoms with Crippen LogP contribution in [0.1, 0.15) is 40.5 Å². The highest BCUT2D eigenvalue weighted by Gasteiger charge is 2.38. The Morgan fingerprint density at radius 2 is 0.489 bits per heavy atom. The lowest BCUT2D eigenvalue weighted by molar-refractivity contribution is -0.139. The molecule has 1 aliphatic heterocycles. The van der Waals surface area contributed by atoms with Crippen LogP contribution in [-0.4, -0.2) is 46.1 Å². The van der Waals surface area contributed by atoms with E-state index >= 15 is 0 Å². The van der Waals surface area contributed by atoms with Gasteiger partial charge >= 0.3 is 0 Å². The Morgan fingerprint density at radius 3 is 0.633 bits per heavy atom. The number of thioether (sulfide) groups is 1. The van der Waals surface area contributed by atoms with Gasteiger partial charge in [-0.05, 0) is 115 Å². The minimum atomic E-state index is -0.425. The first-order valence-electron chi connectivity index (χ1n) is 23.9. The van der Waals surface area contributed by atoms with Crippen molar-refractivity contribution in [2.75, 3.05) is 12.4 Å². The van der Waals surface area contributed by atoms with Crippen LogP contribution in [0, 0.1) is 414 Å². The van der Waals surface area contributed by atoms with E-state index in [0.29, 0.717) is 12.2 Å². The predicted octanol–water partition coefficient (Wildman–Crippen LogP) is 1.07. The highest BCUT2D eigenvalue weighted by Crippen LogP contribution is 2.25. The zero-order chi connectivity index (χ0) is 65.2. The molecular weight excluding hydrogens is 1120 g/mol. The Labute approximate surface area is 534 Å². The summed E-state index contributed by atoms with van der Waals surface area (Å²) >= 11 is 1.32. The molecule has 1 fully saturated rings. The average Bonchev–Trinajstić information content (AvgIpc) is 2.35. The number of carbonyl (C=O) groups excluding carboxylic acids is 4. The summed E-state index contributed by atoms with van der Waals surface area (Å²) in [6.45, 7) is 6.11. The third-order valence-electron chi connectivity index (χ3n) is 6.90. The molecule has 0 aromatic carbocycles. The van der Waals surface area contributed by atoms with Gasteiger partial charge in [-0.15, -0.1) is 11.8 Å². The quantitative estimate of drug-likeness (QED) is 0.319. The van der Waals surface area contributed by atoms with E-state index < -0.39 is 5.25 Å². The molecule has 7 heteroatoms. The number of hydrogen-bond donors (Lipinski definition) is 1. The number of hydrogen-bond acceptors (Lipinski definition) is 5. The van der Waals surface area contributed by atoms with E-state index in [1.165, 1.54) is 25.6 Å². The zero-order valence-electron chi connectivity index (χ0n) is 47.4. The van der Waals surface area contributed by atoms with Crippen molar-refractivity contribution < 1.29 is 19.2 Å². The zero-order valence-corrected chi connectivity index (χ0v) is 48.2. The maximum absolute atomic E-state index is 11.9. The van der Waals surface area contributed by atoms with Crippen LogP contribution in [0.5, 0.6) is 0 Å². The molecule has 1 unspecified atom stereocenters. The molecule has 1 saturated heterocycles. The van der Waals surface area contributed by atoms with Crippen LogP contribution in [-0.2, 0) is 19.2 Å². The Bertz CT molecular complexity index is 5150. The second kappa shape index (κ2) is 61.4. The summed E-state index contributed by atoms with van der Waals surface area (Å²) in [4.78, 5) is 46.0. The van der Waals surface area contributed by atoms with Gasteiger partial charge in [0.1, 0.15) is 12.5 Å². The van der Waals surface area contributed by atoms with Gasteiger partial charge in [0.25, 0.3) is 0 Å². The van der Waals surface area contributed by atoms with E-state index in [4.69, 9.17) is 0 Å². The molecule has 0 spiro atoms. The molecule has 0 radical (unpaired) electrons. The van der Waals surface area contributed by atoms with Crippen LogP contribution in [0.3, 0.4) is 0 Å². The smallest absolute Gasteiger partial charge is 0.244 e. The average molecular weight is 1140 g/mol. The van der Waals surface area contributed by atoms with Gasteiger partial charge in [-0.1, -0.05) is 11.8 Å². The number of nitrogens with one attached hydrogen (secondary N) is 1. The number of amides is 3. The molecule has 0 saturated carbocycles. The minimum Gasteiger partial charge on any atom is -0.338 e. The van der Waals surface area contributed by atoms with Gasteiger partial charge < -0.3 is 5.32 Å². The first-order valence-corrected chi connectivity index (χ1v) is 24.9. The highest BCUT2D eigenvalue weighted by molar-refractivity contribution is 8.00. The van der Waals surface area contributed by atoms with Crippen molar-refractivity contribution in [3.63, 3.8) is 0 Å². The van der Waals surface area contributed by atoms with Crippen LogP contribution in [0.15, 0.2) is 0 Å². The molecule has 0 bridgehead atoms. The SMILES string of the molecule is CC#CC#CC#CC#CC#CC#CC#CC#CC#CC#CC#CC#CC#CC#CC#CC#CC#CC#CC#CC#CC#CC#CC#CC#CC#CC#CC#CC#CC#CC#CC#CC#CC#CC#CC#CC.CC(=O)CCSC1CC(=O)N(CNC(C)=O)C1=O. The van der Waals surface area contributed by atoms with Crippen molar-refractivity contribution in [3.8, 4) is 414 Å². The lowest BCUT2D eigenvalue weighted by atomic mass is 10.3. The lowest BCUT2D eigenvalue weighted by Crippen LogP contribution is -2.40. The Balaban J connectivity index is 0.00000373.